The van der Waals surface area contributed by atoms with Gasteiger partial charge in [0.2, 0.25) is 0 Å². The van der Waals surface area contributed by atoms with Crippen LogP contribution in [0.5, 0.6) is 0 Å². The summed E-state index contributed by atoms with van der Waals surface area (Å²) in [4.78, 5) is 0.309. The number of rotatable bonds is 8. The predicted octanol–water partition coefficient (Wildman–Crippen LogP) is 5.54. The van der Waals surface area contributed by atoms with Crippen molar-refractivity contribution in [1.29, 1.82) is 0 Å². The molecule has 0 unspecified atom stereocenters. The van der Waals surface area contributed by atoms with Gasteiger partial charge in [0.15, 0.2) is 0 Å². The molecule has 0 amide bonds. The summed E-state index contributed by atoms with van der Waals surface area (Å²) in [6.45, 7) is 8.07. The maximum atomic E-state index is 12.7. The molecule has 0 aliphatic heterocycles. The van der Waals surface area contributed by atoms with E-state index in [1.807, 2.05) is 45.0 Å². The van der Waals surface area contributed by atoms with Gasteiger partial charge in [0, 0.05) is 0 Å². The zero-order valence-corrected chi connectivity index (χ0v) is 16.5. The minimum Gasteiger partial charge on any atom is -0.279 e. The number of unbranched alkanes of at least 4 members (excludes halogenated alkanes) is 3. The van der Waals surface area contributed by atoms with Crippen molar-refractivity contribution < 1.29 is 8.42 Å². The van der Waals surface area contributed by atoms with Crippen LogP contribution in [0.15, 0.2) is 41.3 Å². The largest absolute Gasteiger partial charge is 0.279 e. The zero-order valence-electron chi connectivity index (χ0n) is 15.7. The SMILES string of the molecule is CCCCCCc1ccc(S(=O)(=O)Nc2c(C)cc(C)cc2C)cc1. The quantitative estimate of drug-likeness (QED) is 0.629. The van der Waals surface area contributed by atoms with Crippen molar-refractivity contribution in [3.05, 3.63) is 58.7 Å². The second-order valence-electron chi connectivity index (χ2n) is 6.83. The molecule has 0 radical (unpaired) electrons. The Hall–Kier alpha value is -1.81. The Morgan fingerprint density at radius 3 is 2.04 bits per heavy atom. The molecule has 0 aromatic heterocycles. The first-order valence-corrected chi connectivity index (χ1v) is 10.5. The Labute approximate surface area is 152 Å². The smallest absolute Gasteiger partial charge is 0.261 e. The van der Waals surface area contributed by atoms with E-state index in [1.165, 1.54) is 24.8 Å². The molecule has 0 atom stereocenters. The standard InChI is InChI=1S/C21H29NO2S/c1-5-6-7-8-9-19-10-12-20(13-11-19)25(23,24)22-21-17(3)14-16(2)15-18(21)4/h10-15,22H,5-9H2,1-4H3. The van der Waals surface area contributed by atoms with Gasteiger partial charge in [0.1, 0.15) is 0 Å². The summed E-state index contributed by atoms with van der Waals surface area (Å²) in [5.74, 6) is 0. The first-order valence-electron chi connectivity index (χ1n) is 9.03. The van der Waals surface area contributed by atoms with Crippen LogP contribution in [-0.2, 0) is 16.4 Å². The van der Waals surface area contributed by atoms with Gasteiger partial charge in [-0.3, -0.25) is 4.72 Å². The van der Waals surface area contributed by atoms with Gasteiger partial charge in [-0.05, 0) is 62.4 Å². The third-order valence-corrected chi connectivity index (χ3v) is 5.83. The molecule has 3 nitrogen and oxygen atoms in total. The van der Waals surface area contributed by atoms with E-state index in [0.29, 0.717) is 10.6 Å². The number of anilines is 1. The molecular formula is C21H29NO2S. The van der Waals surface area contributed by atoms with Crippen molar-refractivity contribution in [1.82, 2.24) is 0 Å². The van der Waals surface area contributed by atoms with Crippen LogP contribution in [-0.4, -0.2) is 8.42 Å². The molecule has 0 saturated heterocycles. The molecule has 0 spiro atoms. The Balaban J connectivity index is 2.12. The van der Waals surface area contributed by atoms with Crippen molar-refractivity contribution in [3.8, 4) is 0 Å². The number of sulfonamides is 1. The van der Waals surface area contributed by atoms with Crippen LogP contribution in [0.3, 0.4) is 0 Å². The number of hydrogen-bond donors (Lipinski definition) is 1. The van der Waals surface area contributed by atoms with Gasteiger partial charge < -0.3 is 0 Å². The first kappa shape index (κ1) is 19.5. The van der Waals surface area contributed by atoms with E-state index in [9.17, 15) is 8.42 Å². The average molecular weight is 360 g/mol. The highest BCUT2D eigenvalue weighted by Gasteiger charge is 2.16. The van der Waals surface area contributed by atoms with Crippen LogP contribution in [0.1, 0.15) is 54.9 Å². The Kier molecular flexibility index (Phi) is 6.65. The minimum atomic E-state index is -3.57. The normalized spacial score (nSPS) is 11.5. The van der Waals surface area contributed by atoms with Crippen LogP contribution >= 0.6 is 0 Å². The lowest BCUT2D eigenvalue weighted by molar-refractivity contribution is 0.601. The van der Waals surface area contributed by atoms with Gasteiger partial charge in [-0.25, -0.2) is 8.42 Å². The highest BCUT2D eigenvalue weighted by molar-refractivity contribution is 7.92. The highest BCUT2D eigenvalue weighted by Crippen LogP contribution is 2.25. The van der Waals surface area contributed by atoms with Crippen molar-refractivity contribution in [2.75, 3.05) is 4.72 Å². The number of aryl methyl sites for hydroxylation is 4. The van der Waals surface area contributed by atoms with E-state index in [2.05, 4.69) is 11.6 Å². The molecule has 25 heavy (non-hydrogen) atoms. The Morgan fingerprint density at radius 1 is 0.880 bits per heavy atom. The lowest BCUT2D eigenvalue weighted by atomic mass is 10.1. The molecular weight excluding hydrogens is 330 g/mol. The third kappa shape index (κ3) is 5.33. The van der Waals surface area contributed by atoms with Crippen LogP contribution in [0.2, 0.25) is 0 Å². The third-order valence-electron chi connectivity index (χ3n) is 4.47. The van der Waals surface area contributed by atoms with E-state index in [-0.39, 0.29) is 0 Å². The Morgan fingerprint density at radius 2 is 1.48 bits per heavy atom. The topological polar surface area (TPSA) is 46.2 Å². The van der Waals surface area contributed by atoms with Crippen molar-refractivity contribution in [2.45, 2.75) is 64.7 Å². The average Bonchev–Trinajstić information content (AvgIpc) is 2.55. The number of benzene rings is 2. The molecule has 1 N–H and O–H groups in total. The number of hydrogen-bond acceptors (Lipinski definition) is 2. The van der Waals surface area contributed by atoms with Crippen LogP contribution in [0, 0.1) is 20.8 Å². The fourth-order valence-electron chi connectivity index (χ4n) is 3.13. The van der Waals surface area contributed by atoms with Gasteiger partial charge >= 0.3 is 0 Å². The first-order chi connectivity index (χ1) is 11.8. The summed E-state index contributed by atoms with van der Waals surface area (Å²) in [7, 11) is -3.57. The van der Waals surface area contributed by atoms with Gasteiger partial charge in [-0.1, -0.05) is 56.0 Å². The molecule has 0 heterocycles. The van der Waals surface area contributed by atoms with Crippen molar-refractivity contribution >= 4 is 15.7 Å². The molecule has 2 aromatic rings. The van der Waals surface area contributed by atoms with E-state index in [0.717, 1.165) is 29.5 Å². The minimum absolute atomic E-state index is 0.309. The molecule has 136 valence electrons. The molecule has 2 rings (SSSR count). The molecule has 0 bridgehead atoms. The zero-order chi connectivity index (χ0) is 18.4. The van der Waals surface area contributed by atoms with Gasteiger partial charge in [-0.2, -0.15) is 0 Å². The molecule has 0 aliphatic rings. The summed E-state index contributed by atoms with van der Waals surface area (Å²) >= 11 is 0. The van der Waals surface area contributed by atoms with E-state index >= 15 is 0 Å². The maximum absolute atomic E-state index is 12.7. The second kappa shape index (κ2) is 8.52. The maximum Gasteiger partial charge on any atom is 0.261 e. The fourth-order valence-corrected chi connectivity index (χ4v) is 4.33. The van der Waals surface area contributed by atoms with E-state index in [1.54, 1.807) is 12.1 Å². The second-order valence-corrected chi connectivity index (χ2v) is 8.52. The van der Waals surface area contributed by atoms with Gasteiger partial charge in [-0.15, -0.1) is 0 Å². The van der Waals surface area contributed by atoms with Crippen molar-refractivity contribution in [3.63, 3.8) is 0 Å². The summed E-state index contributed by atoms with van der Waals surface area (Å²) in [5.41, 5.74) is 4.87. The molecule has 0 saturated carbocycles. The summed E-state index contributed by atoms with van der Waals surface area (Å²) < 4.78 is 28.1. The van der Waals surface area contributed by atoms with Crippen LogP contribution in [0.25, 0.3) is 0 Å². The lowest BCUT2D eigenvalue weighted by Crippen LogP contribution is -2.15. The molecule has 0 fully saturated rings. The lowest BCUT2D eigenvalue weighted by Gasteiger charge is -2.14. The highest BCUT2D eigenvalue weighted by atomic mass is 32.2. The van der Waals surface area contributed by atoms with Crippen LogP contribution < -0.4 is 4.72 Å². The summed E-state index contributed by atoms with van der Waals surface area (Å²) in [6, 6.07) is 11.2. The summed E-state index contributed by atoms with van der Waals surface area (Å²) in [6.07, 6.45) is 5.86. The monoisotopic (exact) mass is 359 g/mol. The fraction of sp³-hybridized carbons (Fsp3) is 0.429. The van der Waals surface area contributed by atoms with Gasteiger partial charge in [0.05, 0.1) is 10.6 Å². The van der Waals surface area contributed by atoms with E-state index in [4.69, 9.17) is 0 Å². The van der Waals surface area contributed by atoms with Gasteiger partial charge in [0.25, 0.3) is 10.0 Å². The summed E-state index contributed by atoms with van der Waals surface area (Å²) in [5, 5.41) is 0. The molecule has 2 aromatic carbocycles. The predicted molar refractivity (Wildman–Crippen MR) is 106 cm³/mol. The molecule has 0 aliphatic carbocycles. The van der Waals surface area contributed by atoms with Crippen molar-refractivity contribution in [2.24, 2.45) is 0 Å². The van der Waals surface area contributed by atoms with E-state index < -0.39 is 10.0 Å². The Bertz CT molecular complexity index is 785. The number of nitrogens with one attached hydrogen (secondary N) is 1. The molecule has 4 heteroatoms. The van der Waals surface area contributed by atoms with Crippen LogP contribution in [0.4, 0.5) is 5.69 Å².